The fraction of sp³-hybridized carbons (Fsp3) is 0.600. The van der Waals surface area contributed by atoms with Crippen molar-refractivity contribution < 1.29 is 18.0 Å². The Balaban J connectivity index is 2.00. The monoisotopic (exact) mass is 373 g/mol. The van der Waals surface area contributed by atoms with Crippen molar-refractivity contribution in [2.24, 2.45) is 5.92 Å². The molecule has 1 saturated heterocycles. The number of nitrogens with zero attached hydrogens (tertiary/aromatic N) is 1. The Hall–Kier alpha value is -1.45. The van der Waals surface area contributed by atoms with Crippen LogP contribution in [-0.4, -0.2) is 50.2 Å². The van der Waals surface area contributed by atoms with Crippen molar-refractivity contribution in [3.63, 3.8) is 0 Å². The standard InChI is InChI=1S/C15H23N3O4S2/c1-3-16-14(19)11(2)17-15(20)12-6-4-8-18(10-12)24(21,22)13-7-5-9-23-13/h5,7,9,11-12H,3-4,6,8,10H2,1-2H3,(H,16,19)(H,17,20)/t11-,12+/m0/s1. The van der Waals surface area contributed by atoms with E-state index in [1.54, 1.807) is 31.4 Å². The lowest BCUT2D eigenvalue weighted by Gasteiger charge is -2.31. The average Bonchev–Trinajstić information content (AvgIpc) is 3.10. The summed E-state index contributed by atoms with van der Waals surface area (Å²) in [5, 5.41) is 7.03. The molecule has 2 amide bonds. The molecule has 0 aliphatic carbocycles. The van der Waals surface area contributed by atoms with Gasteiger partial charge in [0, 0.05) is 19.6 Å². The highest BCUT2D eigenvalue weighted by Gasteiger charge is 2.34. The molecule has 0 unspecified atom stereocenters. The highest BCUT2D eigenvalue weighted by molar-refractivity contribution is 7.91. The first-order valence-electron chi connectivity index (χ1n) is 7.98. The number of likely N-dealkylation sites (N-methyl/N-ethyl adjacent to an activating group) is 1. The summed E-state index contributed by atoms with van der Waals surface area (Å²) in [5.41, 5.74) is 0. The number of hydrogen-bond donors (Lipinski definition) is 2. The zero-order valence-corrected chi connectivity index (χ0v) is 15.5. The van der Waals surface area contributed by atoms with Gasteiger partial charge in [0.05, 0.1) is 5.92 Å². The smallest absolute Gasteiger partial charge is 0.252 e. The molecule has 7 nitrogen and oxygen atoms in total. The second kappa shape index (κ2) is 8.09. The molecule has 1 aliphatic rings. The molecule has 2 N–H and O–H groups in total. The van der Waals surface area contributed by atoms with Crippen LogP contribution < -0.4 is 10.6 Å². The summed E-state index contributed by atoms with van der Waals surface area (Å²) in [6.45, 7) is 4.48. The van der Waals surface area contributed by atoms with Crippen molar-refractivity contribution in [1.29, 1.82) is 0 Å². The van der Waals surface area contributed by atoms with Gasteiger partial charge in [0.1, 0.15) is 10.3 Å². The lowest BCUT2D eigenvalue weighted by atomic mass is 9.98. The van der Waals surface area contributed by atoms with Crippen LogP contribution in [0, 0.1) is 5.92 Å². The summed E-state index contributed by atoms with van der Waals surface area (Å²) in [6, 6.07) is 2.63. The number of sulfonamides is 1. The van der Waals surface area contributed by atoms with E-state index in [0.29, 0.717) is 30.1 Å². The van der Waals surface area contributed by atoms with Crippen molar-refractivity contribution in [1.82, 2.24) is 14.9 Å². The number of thiophene rings is 1. The average molecular weight is 374 g/mol. The van der Waals surface area contributed by atoms with Crippen molar-refractivity contribution in [3.8, 4) is 0 Å². The summed E-state index contributed by atoms with van der Waals surface area (Å²) in [4.78, 5) is 24.1. The predicted octanol–water partition coefficient (Wildman–Crippen LogP) is 0.790. The summed E-state index contributed by atoms with van der Waals surface area (Å²) >= 11 is 1.17. The van der Waals surface area contributed by atoms with E-state index in [2.05, 4.69) is 10.6 Å². The number of carbonyl (C=O) groups is 2. The molecule has 0 spiro atoms. The molecule has 9 heteroatoms. The molecule has 24 heavy (non-hydrogen) atoms. The number of piperidine rings is 1. The van der Waals surface area contributed by atoms with Crippen molar-refractivity contribution in [3.05, 3.63) is 17.5 Å². The summed E-state index contributed by atoms with van der Waals surface area (Å²) in [6.07, 6.45) is 1.24. The Morgan fingerprint density at radius 2 is 2.21 bits per heavy atom. The maximum atomic E-state index is 12.6. The molecule has 0 saturated carbocycles. The van der Waals surface area contributed by atoms with Crippen LogP contribution in [0.1, 0.15) is 26.7 Å². The van der Waals surface area contributed by atoms with Gasteiger partial charge in [-0.15, -0.1) is 11.3 Å². The van der Waals surface area contributed by atoms with Gasteiger partial charge in [-0.3, -0.25) is 9.59 Å². The normalized spacial score (nSPS) is 20.3. The van der Waals surface area contributed by atoms with Gasteiger partial charge in [0.2, 0.25) is 11.8 Å². The highest BCUT2D eigenvalue weighted by Crippen LogP contribution is 2.26. The Morgan fingerprint density at radius 1 is 1.46 bits per heavy atom. The van der Waals surface area contributed by atoms with Crippen LogP contribution in [-0.2, 0) is 19.6 Å². The quantitative estimate of drug-likeness (QED) is 0.771. The van der Waals surface area contributed by atoms with E-state index in [4.69, 9.17) is 0 Å². The molecule has 0 aromatic carbocycles. The Bertz CT molecular complexity index is 673. The minimum Gasteiger partial charge on any atom is -0.355 e. The van der Waals surface area contributed by atoms with Crippen molar-refractivity contribution in [2.45, 2.75) is 36.9 Å². The number of amides is 2. The molecular formula is C15H23N3O4S2. The zero-order chi connectivity index (χ0) is 17.7. The molecule has 134 valence electrons. The van der Waals surface area contributed by atoms with Crippen LogP contribution in [0.4, 0.5) is 0 Å². The van der Waals surface area contributed by atoms with E-state index in [1.165, 1.54) is 15.6 Å². The van der Waals surface area contributed by atoms with Crippen molar-refractivity contribution >= 4 is 33.2 Å². The van der Waals surface area contributed by atoms with Gasteiger partial charge in [0.25, 0.3) is 10.0 Å². The van der Waals surface area contributed by atoms with Gasteiger partial charge in [-0.2, -0.15) is 4.31 Å². The molecule has 2 heterocycles. The van der Waals surface area contributed by atoms with Crippen LogP contribution in [0.3, 0.4) is 0 Å². The maximum Gasteiger partial charge on any atom is 0.252 e. The van der Waals surface area contributed by atoms with Gasteiger partial charge >= 0.3 is 0 Å². The first kappa shape index (κ1) is 18.9. The van der Waals surface area contributed by atoms with Gasteiger partial charge in [0.15, 0.2) is 0 Å². The van der Waals surface area contributed by atoms with E-state index >= 15 is 0 Å². The molecular weight excluding hydrogens is 350 g/mol. The Labute approximate surface area is 146 Å². The second-order valence-electron chi connectivity index (χ2n) is 5.76. The number of carbonyl (C=O) groups excluding carboxylic acids is 2. The maximum absolute atomic E-state index is 12.6. The topological polar surface area (TPSA) is 95.6 Å². The van der Waals surface area contributed by atoms with E-state index in [1.807, 2.05) is 0 Å². The summed E-state index contributed by atoms with van der Waals surface area (Å²) < 4.78 is 26.8. The first-order valence-corrected chi connectivity index (χ1v) is 10.3. The van der Waals surface area contributed by atoms with Gasteiger partial charge in [-0.05, 0) is 38.1 Å². The van der Waals surface area contributed by atoms with Gasteiger partial charge < -0.3 is 10.6 Å². The van der Waals surface area contributed by atoms with Crippen LogP contribution >= 0.6 is 11.3 Å². The molecule has 1 aromatic heterocycles. The van der Waals surface area contributed by atoms with Crippen LogP contribution in [0.2, 0.25) is 0 Å². The van der Waals surface area contributed by atoms with Crippen LogP contribution in [0.15, 0.2) is 21.7 Å². The SMILES string of the molecule is CCNC(=O)[C@H](C)NC(=O)[C@@H]1CCCN(S(=O)(=O)c2cccs2)C1. The summed E-state index contributed by atoms with van der Waals surface area (Å²) in [7, 11) is -3.55. The minimum atomic E-state index is -3.55. The lowest BCUT2D eigenvalue weighted by molar-refractivity contribution is -0.131. The predicted molar refractivity (Wildman–Crippen MR) is 92.1 cm³/mol. The Kier molecular flexibility index (Phi) is 6.36. The van der Waals surface area contributed by atoms with E-state index in [-0.39, 0.29) is 18.4 Å². The molecule has 2 rings (SSSR count). The fourth-order valence-corrected chi connectivity index (χ4v) is 5.30. The van der Waals surface area contributed by atoms with Gasteiger partial charge in [-0.25, -0.2) is 8.42 Å². The minimum absolute atomic E-state index is 0.147. The van der Waals surface area contributed by atoms with E-state index in [0.717, 1.165) is 0 Å². The van der Waals surface area contributed by atoms with E-state index < -0.39 is 22.0 Å². The third-order valence-corrected chi connectivity index (χ3v) is 7.19. The molecule has 1 fully saturated rings. The fourth-order valence-electron chi connectivity index (χ4n) is 2.64. The summed E-state index contributed by atoms with van der Waals surface area (Å²) in [5.74, 6) is -0.963. The zero-order valence-electron chi connectivity index (χ0n) is 13.8. The van der Waals surface area contributed by atoms with Crippen LogP contribution in [0.25, 0.3) is 0 Å². The highest BCUT2D eigenvalue weighted by atomic mass is 32.2. The number of rotatable bonds is 6. The van der Waals surface area contributed by atoms with Gasteiger partial charge in [-0.1, -0.05) is 6.07 Å². The van der Waals surface area contributed by atoms with Crippen LogP contribution in [0.5, 0.6) is 0 Å². The third kappa shape index (κ3) is 4.34. The molecule has 0 bridgehead atoms. The lowest BCUT2D eigenvalue weighted by Crippen LogP contribution is -2.50. The third-order valence-electron chi connectivity index (χ3n) is 3.95. The molecule has 1 aliphatic heterocycles. The molecule has 0 radical (unpaired) electrons. The molecule has 1 aromatic rings. The number of hydrogen-bond acceptors (Lipinski definition) is 5. The van der Waals surface area contributed by atoms with E-state index in [9.17, 15) is 18.0 Å². The number of nitrogens with one attached hydrogen (secondary N) is 2. The Morgan fingerprint density at radius 3 is 2.83 bits per heavy atom. The first-order chi connectivity index (χ1) is 11.4. The molecule has 2 atom stereocenters. The van der Waals surface area contributed by atoms with Crippen molar-refractivity contribution in [2.75, 3.05) is 19.6 Å². The second-order valence-corrected chi connectivity index (χ2v) is 8.87. The largest absolute Gasteiger partial charge is 0.355 e.